The van der Waals surface area contributed by atoms with E-state index >= 15 is 0 Å². The molecule has 0 bridgehead atoms. The third-order valence-electron chi connectivity index (χ3n) is 4.25. The Morgan fingerprint density at radius 1 is 0.750 bits per heavy atom. The molecular weight excluding hydrogens is 368 g/mol. The lowest BCUT2D eigenvalue weighted by Crippen LogP contribution is -2.28. The van der Waals surface area contributed by atoms with Crippen molar-refractivity contribution in [1.82, 2.24) is 0 Å². The molecule has 0 heterocycles. The lowest BCUT2D eigenvalue weighted by Gasteiger charge is -2.12. The number of aliphatic hydroxyl groups excluding tert-OH is 2. The summed E-state index contributed by atoms with van der Waals surface area (Å²) < 4.78 is 9.53. The minimum absolute atomic E-state index is 0.286. The first-order valence-corrected chi connectivity index (χ1v) is 10.3. The summed E-state index contributed by atoms with van der Waals surface area (Å²) in [7, 11) is 0. The molecule has 0 radical (unpaired) electrons. The predicted molar refractivity (Wildman–Crippen MR) is 103 cm³/mol. The normalized spacial score (nSPS) is 13.0. The molecule has 8 nitrogen and oxygen atoms in total. The second-order valence-corrected chi connectivity index (χ2v) is 7.01. The summed E-state index contributed by atoms with van der Waals surface area (Å²) in [5.74, 6) is -2.89. The number of carbonyl (C=O) groups is 3. The van der Waals surface area contributed by atoms with Crippen molar-refractivity contribution in [3.63, 3.8) is 0 Å². The summed E-state index contributed by atoms with van der Waals surface area (Å²) >= 11 is 0. The number of ether oxygens (including phenoxy) is 2. The molecule has 0 fully saturated rings. The maximum atomic E-state index is 11.6. The molecular formula is C20H36O8. The number of carboxylic acid groups (broad SMARTS) is 1. The van der Waals surface area contributed by atoms with Crippen LogP contribution in [0.5, 0.6) is 0 Å². The molecule has 0 spiro atoms. The molecule has 0 saturated heterocycles. The van der Waals surface area contributed by atoms with Gasteiger partial charge in [-0.15, -0.1) is 0 Å². The Kier molecular flexibility index (Phi) is 16.4. The van der Waals surface area contributed by atoms with E-state index in [9.17, 15) is 19.5 Å². The van der Waals surface area contributed by atoms with E-state index in [1.807, 2.05) is 0 Å². The maximum Gasteiger partial charge on any atom is 0.333 e. The monoisotopic (exact) mass is 404 g/mol. The SMILES string of the molecule is CCCCCCCCCCCCC(=O)OCC(O)COC(=O)C[C@@H](O)C(=O)O. The first-order valence-electron chi connectivity index (χ1n) is 10.3. The summed E-state index contributed by atoms with van der Waals surface area (Å²) in [6.07, 6.45) is 8.24. The van der Waals surface area contributed by atoms with Crippen LogP contribution in [0.4, 0.5) is 0 Å². The largest absolute Gasteiger partial charge is 0.479 e. The van der Waals surface area contributed by atoms with Crippen molar-refractivity contribution in [3.8, 4) is 0 Å². The fourth-order valence-electron chi connectivity index (χ4n) is 2.56. The Balaban J connectivity index is 3.55. The maximum absolute atomic E-state index is 11.6. The van der Waals surface area contributed by atoms with E-state index < -0.39 is 43.1 Å². The molecule has 2 atom stereocenters. The van der Waals surface area contributed by atoms with Crippen LogP contribution in [0.3, 0.4) is 0 Å². The molecule has 0 amide bonds. The average Bonchev–Trinajstić information content (AvgIpc) is 2.66. The molecule has 0 aliphatic heterocycles. The van der Waals surface area contributed by atoms with Gasteiger partial charge in [0, 0.05) is 6.42 Å². The number of esters is 2. The van der Waals surface area contributed by atoms with E-state index in [0.717, 1.165) is 19.3 Å². The zero-order valence-electron chi connectivity index (χ0n) is 16.9. The van der Waals surface area contributed by atoms with E-state index in [2.05, 4.69) is 11.7 Å². The molecule has 164 valence electrons. The van der Waals surface area contributed by atoms with Crippen LogP contribution in [0, 0.1) is 0 Å². The van der Waals surface area contributed by atoms with Gasteiger partial charge in [-0.3, -0.25) is 9.59 Å². The van der Waals surface area contributed by atoms with Crippen LogP contribution >= 0.6 is 0 Å². The molecule has 28 heavy (non-hydrogen) atoms. The number of hydrogen-bond acceptors (Lipinski definition) is 7. The third-order valence-corrected chi connectivity index (χ3v) is 4.25. The summed E-state index contributed by atoms with van der Waals surface area (Å²) in [6.45, 7) is 1.47. The van der Waals surface area contributed by atoms with E-state index in [1.54, 1.807) is 0 Å². The van der Waals surface area contributed by atoms with Crippen molar-refractivity contribution in [2.24, 2.45) is 0 Å². The summed E-state index contributed by atoms with van der Waals surface area (Å²) in [5, 5.41) is 27.1. The van der Waals surface area contributed by atoms with Crippen LogP contribution < -0.4 is 0 Å². The molecule has 0 aromatic heterocycles. The van der Waals surface area contributed by atoms with Crippen molar-refractivity contribution in [2.45, 2.75) is 96.2 Å². The fraction of sp³-hybridized carbons (Fsp3) is 0.850. The second-order valence-electron chi connectivity index (χ2n) is 7.01. The van der Waals surface area contributed by atoms with Gasteiger partial charge in [-0.2, -0.15) is 0 Å². The lowest BCUT2D eigenvalue weighted by atomic mass is 10.1. The first-order chi connectivity index (χ1) is 13.4. The molecule has 0 aromatic carbocycles. The van der Waals surface area contributed by atoms with Gasteiger partial charge in [0.05, 0.1) is 6.42 Å². The predicted octanol–water partition coefficient (Wildman–Crippen LogP) is 2.58. The van der Waals surface area contributed by atoms with Gasteiger partial charge >= 0.3 is 17.9 Å². The smallest absolute Gasteiger partial charge is 0.333 e. The van der Waals surface area contributed by atoms with Gasteiger partial charge in [0.1, 0.15) is 19.3 Å². The van der Waals surface area contributed by atoms with Gasteiger partial charge in [0.2, 0.25) is 0 Å². The minimum Gasteiger partial charge on any atom is -0.479 e. The van der Waals surface area contributed by atoms with Crippen molar-refractivity contribution in [1.29, 1.82) is 0 Å². The van der Waals surface area contributed by atoms with Gasteiger partial charge in [-0.1, -0.05) is 64.7 Å². The molecule has 3 N–H and O–H groups in total. The highest BCUT2D eigenvalue weighted by atomic mass is 16.6. The number of carboxylic acids is 1. The Morgan fingerprint density at radius 3 is 1.71 bits per heavy atom. The van der Waals surface area contributed by atoms with E-state index in [0.29, 0.717) is 0 Å². The minimum atomic E-state index is -1.84. The van der Waals surface area contributed by atoms with Crippen molar-refractivity contribution in [2.75, 3.05) is 13.2 Å². The van der Waals surface area contributed by atoms with E-state index in [1.165, 1.54) is 44.9 Å². The molecule has 1 unspecified atom stereocenters. The Bertz CT molecular complexity index is 438. The topological polar surface area (TPSA) is 130 Å². The van der Waals surface area contributed by atoms with Crippen molar-refractivity contribution >= 4 is 17.9 Å². The van der Waals surface area contributed by atoms with Crippen LogP contribution in [-0.2, 0) is 23.9 Å². The van der Waals surface area contributed by atoms with Crippen LogP contribution in [0.15, 0.2) is 0 Å². The third kappa shape index (κ3) is 16.5. The van der Waals surface area contributed by atoms with Gasteiger partial charge in [-0.25, -0.2) is 4.79 Å². The van der Waals surface area contributed by atoms with Crippen LogP contribution in [0.2, 0.25) is 0 Å². The molecule has 8 heteroatoms. The highest BCUT2D eigenvalue weighted by Crippen LogP contribution is 2.11. The summed E-state index contributed by atoms with van der Waals surface area (Å²) in [6, 6.07) is 0. The molecule has 0 aliphatic carbocycles. The first kappa shape index (κ1) is 26.3. The van der Waals surface area contributed by atoms with Crippen LogP contribution in [0.1, 0.15) is 84.0 Å². The quantitative estimate of drug-likeness (QED) is 0.235. The average molecular weight is 405 g/mol. The number of aliphatic carboxylic acids is 1. The highest BCUT2D eigenvalue weighted by Gasteiger charge is 2.20. The summed E-state index contributed by atoms with van der Waals surface area (Å²) in [4.78, 5) is 33.2. The zero-order chi connectivity index (χ0) is 21.2. The van der Waals surface area contributed by atoms with E-state index in [-0.39, 0.29) is 13.0 Å². The molecule has 0 saturated carbocycles. The van der Waals surface area contributed by atoms with Gasteiger partial charge in [-0.05, 0) is 6.42 Å². The Hall–Kier alpha value is -1.67. The zero-order valence-corrected chi connectivity index (χ0v) is 16.9. The fourth-order valence-corrected chi connectivity index (χ4v) is 2.56. The standard InChI is InChI=1S/C20H36O8/c1-2-3-4-5-6-7-8-9-10-11-12-18(23)27-14-16(21)15-28-19(24)13-17(22)20(25)26/h16-17,21-22H,2-15H2,1H3,(H,25,26)/t16?,17-/m1/s1. The number of aliphatic hydroxyl groups is 2. The number of unbranched alkanes of at least 4 members (excludes halogenated alkanes) is 9. The van der Waals surface area contributed by atoms with Crippen LogP contribution in [0.25, 0.3) is 0 Å². The Morgan fingerprint density at radius 2 is 1.21 bits per heavy atom. The van der Waals surface area contributed by atoms with Crippen molar-refractivity contribution in [3.05, 3.63) is 0 Å². The van der Waals surface area contributed by atoms with Gasteiger partial charge in [0.25, 0.3) is 0 Å². The van der Waals surface area contributed by atoms with Crippen molar-refractivity contribution < 1.29 is 39.2 Å². The number of hydrogen-bond donors (Lipinski definition) is 3. The summed E-state index contributed by atoms with van der Waals surface area (Å²) in [5.41, 5.74) is 0. The van der Waals surface area contributed by atoms with Crippen LogP contribution in [-0.4, -0.2) is 58.6 Å². The van der Waals surface area contributed by atoms with Gasteiger partial charge in [0.15, 0.2) is 6.10 Å². The number of rotatable bonds is 18. The Labute approximate surface area is 167 Å². The molecule has 0 aliphatic rings. The second kappa shape index (κ2) is 17.4. The number of carbonyl (C=O) groups excluding carboxylic acids is 2. The molecule has 0 rings (SSSR count). The highest BCUT2D eigenvalue weighted by molar-refractivity contribution is 5.80. The lowest BCUT2D eigenvalue weighted by molar-refractivity contribution is -0.159. The molecule has 0 aromatic rings. The van der Waals surface area contributed by atoms with Gasteiger partial charge < -0.3 is 24.8 Å². The van der Waals surface area contributed by atoms with E-state index in [4.69, 9.17) is 14.9 Å².